The zero-order chi connectivity index (χ0) is 12.3. The molecule has 1 heterocycles. The van der Waals surface area contributed by atoms with Gasteiger partial charge in [0.2, 0.25) is 0 Å². The van der Waals surface area contributed by atoms with Crippen molar-refractivity contribution in [2.24, 2.45) is 0 Å². The van der Waals surface area contributed by atoms with Crippen molar-refractivity contribution < 1.29 is 0 Å². The van der Waals surface area contributed by atoms with E-state index in [1.807, 2.05) is 12.1 Å². The highest BCUT2D eigenvalue weighted by Crippen LogP contribution is 2.24. The van der Waals surface area contributed by atoms with E-state index in [4.69, 9.17) is 11.6 Å². The first-order chi connectivity index (χ1) is 8.16. The van der Waals surface area contributed by atoms with Gasteiger partial charge in [0.1, 0.15) is 0 Å². The Morgan fingerprint density at radius 1 is 1.39 bits per heavy atom. The predicted molar refractivity (Wildman–Crippen MR) is 83.8 cm³/mol. The van der Waals surface area contributed by atoms with E-state index in [0.29, 0.717) is 6.04 Å². The van der Waals surface area contributed by atoms with Crippen LogP contribution in [0, 0.1) is 0 Å². The Morgan fingerprint density at radius 2 is 2.06 bits per heavy atom. The third kappa shape index (κ3) is 4.39. The fourth-order valence-electron chi connectivity index (χ4n) is 2.30. The molecule has 2 rings (SSSR count). The molecule has 1 fully saturated rings. The molecule has 1 aliphatic heterocycles. The quantitative estimate of drug-likeness (QED) is 0.891. The SMILES string of the molecule is CN(Cc1ccc(Br)c(Cl)c1)C1CCNCC1.Cl. The summed E-state index contributed by atoms with van der Waals surface area (Å²) < 4.78 is 0.965. The summed E-state index contributed by atoms with van der Waals surface area (Å²) in [5.74, 6) is 0. The van der Waals surface area contributed by atoms with E-state index in [0.717, 1.165) is 29.1 Å². The van der Waals surface area contributed by atoms with Crippen LogP contribution in [0.25, 0.3) is 0 Å². The van der Waals surface area contributed by atoms with Gasteiger partial charge in [0.25, 0.3) is 0 Å². The van der Waals surface area contributed by atoms with Gasteiger partial charge >= 0.3 is 0 Å². The molecule has 0 radical (unpaired) electrons. The Balaban J connectivity index is 0.00000162. The predicted octanol–water partition coefficient (Wildman–Crippen LogP) is 3.71. The number of piperidine rings is 1. The first-order valence-electron chi connectivity index (χ1n) is 6.01. The highest BCUT2D eigenvalue weighted by Gasteiger charge is 2.17. The number of nitrogens with one attached hydrogen (secondary N) is 1. The Kier molecular flexibility index (Phi) is 6.96. The molecule has 0 amide bonds. The lowest BCUT2D eigenvalue weighted by molar-refractivity contribution is 0.192. The normalized spacial score (nSPS) is 16.7. The minimum atomic E-state index is 0. The molecule has 0 atom stereocenters. The van der Waals surface area contributed by atoms with Gasteiger partial charge in [-0.15, -0.1) is 12.4 Å². The maximum atomic E-state index is 6.11. The van der Waals surface area contributed by atoms with Gasteiger partial charge in [-0.3, -0.25) is 4.90 Å². The number of nitrogens with zero attached hydrogens (tertiary/aromatic N) is 1. The Hall–Kier alpha value is 0.200. The largest absolute Gasteiger partial charge is 0.317 e. The van der Waals surface area contributed by atoms with Crippen molar-refractivity contribution in [2.45, 2.75) is 25.4 Å². The molecular weight excluding hydrogens is 335 g/mol. The number of rotatable bonds is 3. The van der Waals surface area contributed by atoms with E-state index in [-0.39, 0.29) is 12.4 Å². The molecule has 0 bridgehead atoms. The van der Waals surface area contributed by atoms with Crippen LogP contribution in [0.5, 0.6) is 0 Å². The van der Waals surface area contributed by atoms with E-state index in [1.54, 1.807) is 0 Å². The fourth-order valence-corrected chi connectivity index (χ4v) is 2.75. The van der Waals surface area contributed by atoms with Gasteiger partial charge in [0, 0.05) is 17.1 Å². The van der Waals surface area contributed by atoms with Crippen LogP contribution < -0.4 is 5.32 Å². The van der Waals surface area contributed by atoms with E-state index >= 15 is 0 Å². The van der Waals surface area contributed by atoms with Crippen LogP contribution in [0.4, 0.5) is 0 Å². The number of hydrogen-bond donors (Lipinski definition) is 1. The molecule has 102 valence electrons. The molecule has 0 spiro atoms. The van der Waals surface area contributed by atoms with E-state index < -0.39 is 0 Å². The first-order valence-corrected chi connectivity index (χ1v) is 7.19. The smallest absolute Gasteiger partial charge is 0.0551 e. The molecule has 0 saturated carbocycles. The molecule has 0 aliphatic carbocycles. The van der Waals surface area contributed by atoms with Crippen LogP contribution in [0.3, 0.4) is 0 Å². The van der Waals surface area contributed by atoms with Crippen LogP contribution in [-0.4, -0.2) is 31.1 Å². The van der Waals surface area contributed by atoms with Crippen molar-refractivity contribution in [1.29, 1.82) is 0 Å². The monoisotopic (exact) mass is 352 g/mol. The number of halogens is 3. The molecule has 5 heteroatoms. The average molecular weight is 354 g/mol. The molecule has 1 saturated heterocycles. The zero-order valence-corrected chi connectivity index (χ0v) is 13.6. The average Bonchev–Trinajstić information content (AvgIpc) is 2.35. The van der Waals surface area contributed by atoms with Crippen molar-refractivity contribution in [3.63, 3.8) is 0 Å². The van der Waals surface area contributed by atoms with E-state index in [2.05, 4.69) is 39.3 Å². The topological polar surface area (TPSA) is 15.3 Å². The molecule has 0 unspecified atom stereocenters. The van der Waals surface area contributed by atoms with Gasteiger partial charge in [-0.05, 0) is 66.6 Å². The zero-order valence-electron chi connectivity index (χ0n) is 10.5. The van der Waals surface area contributed by atoms with Crippen molar-refractivity contribution in [2.75, 3.05) is 20.1 Å². The number of benzene rings is 1. The lowest BCUT2D eigenvalue weighted by atomic mass is 10.0. The van der Waals surface area contributed by atoms with Crippen LogP contribution in [-0.2, 0) is 6.54 Å². The third-order valence-electron chi connectivity index (χ3n) is 3.35. The van der Waals surface area contributed by atoms with Crippen molar-refractivity contribution in [3.05, 3.63) is 33.3 Å². The van der Waals surface area contributed by atoms with Gasteiger partial charge in [-0.1, -0.05) is 17.7 Å². The second-order valence-corrected chi connectivity index (χ2v) is 5.91. The molecule has 2 nitrogen and oxygen atoms in total. The molecule has 1 aliphatic rings. The number of hydrogen-bond acceptors (Lipinski definition) is 2. The van der Waals surface area contributed by atoms with Gasteiger partial charge in [0.15, 0.2) is 0 Å². The molecule has 1 aromatic carbocycles. The summed E-state index contributed by atoms with van der Waals surface area (Å²) >= 11 is 9.53. The summed E-state index contributed by atoms with van der Waals surface area (Å²) in [7, 11) is 2.20. The standard InChI is InChI=1S/C13H18BrClN2.ClH/c1-17(11-4-6-16-7-5-11)9-10-2-3-12(14)13(15)8-10;/h2-3,8,11,16H,4-7,9H2,1H3;1H. The molecule has 0 aromatic heterocycles. The van der Waals surface area contributed by atoms with Crippen molar-refractivity contribution >= 4 is 39.9 Å². The summed E-state index contributed by atoms with van der Waals surface area (Å²) in [6, 6.07) is 6.89. The minimum Gasteiger partial charge on any atom is -0.317 e. The van der Waals surface area contributed by atoms with Crippen molar-refractivity contribution in [1.82, 2.24) is 10.2 Å². The lowest BCUT2D eigenvalue weighted by Gasteiger charge is -2.31. The van der Waals surface area contributed by atoms with Crippen LogP contribution in [0.1, 0.15) is 18.4 Å². The van der Waals surface area contributed by atoms with Gasteiger partial charge in [0.05, 0.1) is 5.02 Å². The maximum Gasteiger partial charge on any atom is 0.0551 e. The first kappa shape index (κ1) is 16.3. The minimum absolute atomic E-state index is 0. The highest BCUT2D eigenvalue weighted by molar-refractivity contribution is 9.10. The van der Waals surface area contributed by atoms with Gasteiger partial charge in [-0.25, -0.2) is 0 Å². The fraction of sp³-hybridized carbons (Fsp3) is 0.538. The molecule has 18 heavy (non-hydrogen) atoms. The highest BCUT2D eigenvalue weighted by atomic mass is 79.9. The summed E-state index contributed by atoms with van der Waals surface area (Å²) in [4.78, 5) is 2.43. The Labute approximate surface area is 129 Å². The van der Waals surface area contributed by atoms with Crippen LogP contribution in [0.15, 0.2) is 22.7 Å². The van der Waals surface area contributed by atoms with E-state index in [1.165, 1.54) is 18.4 Å². The van der Waals surface area contributed by atoms with E-state index in [9.17, 15) is 0 Å². The van der Waals surface area contributed by atoms with Gasteiger partial charge < -0.3 is 5.32 Å². The van der Waals surface area contributed by atoms with Gasteiger partial charge in [-0.2, -0.15) is 0 Å². The molecule has 1 N–H and O–H groups in total. The third-order valence-corrected chi connectivity index (χ3v) is 4.58. The van der Waals surface area contributed by atoms with Crippen LogP contribution >= 0.6 is 39.9 Å². The Bertz CT molecular complexity index is 381. The Morgan fingerprint density at radius 3 is 2.67 bits per heavy atom. The summed E-state index contributed by atoms with van der Waals surface area (Å²) in [6.45, 7) is 3.24. The summed E-state index contributed by atoms with van der Waals surface area (Å²) in [6.07, 6.45) is 2.47. The lowest BCUT2D eigenvalue weighted by Crippen LogP contribution is -2.40. The van der Waals surface area contributed by atoms with Crippen molar-refractivity contribution in [3.8, 4) is 0 Å². The summed E-state index contributed by atoms with van der Waals surface area (Å²) in [5, 5.41) is 4.19. The summed E-state index contributed by atoms with van der Waals surface area (Å²) in [5.41, 5.74) is 1.28. The molecule has 1 aromatic rings. The molecular formula is C13H19BrCl2N2. The van der Waals surface area contributed by atoms with Crippen LogP contribution in [0.2, 0.25) is 5.02 Å². The second-order valence-electron chi connectivity index (χ2n) is 4.64. The maximum absolute atomic E-state index is 6.11. The second kappa shape index (κ2) is 7.71.